The molecule has 3 atom stereocenters. The molecule has 0 saturated carbocycles. The lowest BCUT2D eigenvalue weighted by Gasteiger charge is -2.40. The summed E-state index contributed by atoms with van der Waals surface area (Å²) in [6.07, 6.45) is -0.903. The van der Waals surface area contributed by atoms with E-state index in [9.17, 15) is 14.6 Å². The fourth-order valence-electron chi connectivity index (χ4n) is 2.80. The van der Waals surface area contributed by atoms with Gasteiger partial charge in [0.2, 0.25) is 0 Å². The summed E-state index contributed by atoms with van der Waals surface area (Å²) in [5, 5.41) is 10.9. The second-order valence-corrected chi connectivity index (χ2v) is 8.49. The van der Waals surface area contributed by atoms with Crippen LogP contribution in [0, 0.1) is 0 Å². The lowest BCUT2D eigenvalue weighted by atomic mass is 9.87. The molecule has 4 N–H and O–H groups in total. The highest BCUT2D eigenvalue weighted by molar-refractivity contribution is 7.73. The number of aliphatic hydroxyl groups is 1. The molecule has 0 amide bonds. The average Bonchev–Trinajstić information content (AvgIpc) is 2.53. The number of fused-ring (bicyclic) bond motifs is 1. The van der Waals surface area contributed by atoms with Gasteiger partial charge in [0.25, 0.3) is 7.37 Å². The van der Waals surface area contributed by atoms with Gasteiger partial charge in [-0.3, -0.25) is 4.57 Å². The van der Waals surface area contributed by atoms with Crippen molar-refractivity contribution in [1.82, 2.24) is 0 Å². The van der Waals surface area contributed by atoms with E-state index in [2.05, 4.69) is 0 Å². The molecule has 0 spiro atoms. The van der Waals surface area contributed by atoms with E-state index in [4.69, 9.17) is 10.5 Å². The minimum atomic E-state index is -3.71. The van der Waals surface area contributed by atoms with Gasteiger partial charge in [0.15, 0.2) is 0 Å². The lowest BCUT2D eigenvalue weighted by Crippen LogP contribution is -2.51. The standard InChI is InChI=1S/C17H20NO4P/c1-17(2)16(19)15(18)13-10-12(8-9-14(13)22-17)23(20,21)11-6-4-3-5-7-11/h3-10,15-16,19H,18H2,1-2H3,(H,20,21)/t15-,16+/m1/s1. The molecule has 1 heterocycles. The largest absolute Gasteiger partial charge is 0.485 e. The molecule has 6 heteroatoms. The zero-order valence-corrected chi connectivity index (χ0v) is 13.9. The predicted molar refractivity (Wildman–Crippen MR) is 89.6 cm³/mol. The van der Waals surface area contributed by atoms with Crippen molar-refractivity contribution >= 4 is 18.0 Å². The first-order valence-electron chi connectivity index (χ1n) is 7.39. The van der Waals surface area contributed by atoms with E-state index >= 15 is 0 Å². The Kier molecular flexibility index (Phi) is 3.85. The Hall–Kier alpha value is -1.65. The topological polar surface area (TPSA) is 92.8 Å². The van der Waals surface area contributed by atoms with Crippen LogP contribution in [0.25, 0.3) is 0 Å². The van der Waals surface area contributed by atoms with Crippen LogP contribution in [0.3, 0.4) is 0 Å². The summed E-state index contributed by atoms with van der Waals surface area (Å²) in [6, 6.07) is 12.6. The highest BCUT2D eigenvalue weighted by Crippen LogP contribution is 2.43. The third kappa shape index (κ3) is 2.70. The molecule has 2 aromatic rings. The van der Waals surface area contributed by atoms with Crippen molar-refractivity contribution < 1.29 is 19.3 Å². The summed E-state index contributed by atoms with van der Waals surface area (Å²) in [7, 11) is -3.71. The smallest absolute Gasteiger partial charge is 0.258 e. The zero-order chi connectivity index (χ0) is 16.8. The summed E-state index contributed by atoms with van der Waals surface area (Å²) in [4.78, 5) is 10.5. The van der Waals surface area contributed by atoms with Crippen molar-refractivity contribution in [3.63, 3.8) is 0 Å². The van der Waals surface area contributed by atoms with Gasteiger partial charge in [-0.1, -0.05) is 18.2 Å². The van der Waals surface area contributed by atoms with Crippen LogP contribution in [0.15, 0.2) is 48.5 Å². The summed E-state index contributed by atoms with van der Waals surface area (Å²) < 4.78 is 18.6. The Morgan fingerprint density at radius 3 is 2.43 bits per heavy atom. The highest BCUT2D eigenvalue weighted by atomic mass is 31.2. The fourth-order valence-corrected chi connectivity index (χ4v) is 4.27. The third-order valence-electron chi connectivity index (χ3n) is 4.23. The molecule has 3 rings (SSSR count). The minimum Gasteiger partial charge on any atom is -0.485 e. The lowest BCUT2D eigenvalue weighted by molar-refractivity contribution is -0.0571. The van der Waals surface area contributed by atoms with Gasteiger partial charge in [0.1, 0.15) is 17.5 Å². The van der Waals surface area contributed by atoms with Gasteiger partial charge < -0.3 is 20.5 Å². The van der Waals surface area contributed by atoms with Crippen molar-refractivity contribution in [3.05, 3.63) is 54.1 Å². The highest BCUT2D eigenvalue weighted by Gasteiger charge is 2.41. The van der Waals surface area contributed by atoms with Gasteiger partial charge in [-0.05, 0) is 44.2 Å². The summed E-state index contributed by atoms with van der Waals surface area (Å²) in [5.74, 6) is 0.532. The van der Waals surface area contributed by atoms with E-state index in [0.717, 1.165) is 0 Å². The van der Waals surface area contributed by atoms with Crippen molar-refractivity contribution in [2.24, 2.45) is 5.73 Å². The first-order valence-corrected chi connectivity index (χ1v) is 9.05. The molecule has 1 aliphatic rings. The van der Waals surface area contributed by atoms with Gasteiger partial charge in [0.05, 0.1) is 6.04 Å². The van der Waals surface area contributed by atoms with Crippen LogP contribution in [-0.2, 0) is 4.57 Å². The molecule has 23 heavy (non-hydrogen) atoms. The van der Waals surface area contributed by atoms with E-state index < -0.39 is 25.1 Å². The number of nitrogens with two attached hydrogens (primary N) is 1. The summed E-state index contributed by atoms with van der Waals surface area (Å²) >= 11 is 0. The molecule has 0 saturated heterocycles. The molecule has 2 aromatic carbocycles. The minimum absolute atomic E-state index is 0.272. The van der Waals surface area contributed by atoms with Crippen molar-refractivity contribution in [2.45, 2.75) is 31.6 Å². The molecular weight excluding hydrogens is 313 g/mol. The molecular formula is C17H20NO4P. The predicted octanol–water partition coefficient (Wildman–Crippen LogP) is 1.44. The van der Waals surface area contributed by atoms with E-state index in [1.165, 1.54) is 0 Å². The van der Waals surface area contributed by atoms with Crippen LogP contribution >= 0.6 is 7.37 Å². The van der Waals surface area contributed by atoms with Gasteiger partial charge in [-0.2, -0.15) is 0 Å². The van der Waals surface area contributed by atoms with E-state index in [0.29, 0.717) is 16.6 Å². The molecule has 0 aliphatic carbocycles. The van der Waals surface area contributed by atoms with Crippen LogP contribution in [0.2, 0.25) is 0 Å². The Balaban J connectivity index is 2.07. The maximum Gasteiger partial charge on any atom is 0.258 e. The van der Waals surface area contributed by atoms with Crippen LogP contribution in [-0.4, -0.2) is 21.7 Å². The molecule has 1 aliphatic heterocycles. The summed E-state index contributed by atoms with van der Waals surface area (Å²) in [6.45, 7) is 3.52. The van der Waals surface area contributed by atoms with Gasteiger partial charge in [0, 0.05) is 16.2 Å². The molecule has 5 nitrogen and oxygen atoms in total. The number of rotatable bonds is 2. The quantitative estimate of drug-likeness (QED) is 0.723. The third-order valence-corrected chi connectivity index (χ3v) is 6.21. The van der Waals surface area contributed by atoms with Gasteiger partial charge >= 0.3 is 0 Å². The van der Waals surface area contributed by atoms with Crippen molar-refractivity contribution in [1.29, 1.82) is 0 Å². The van der Waals surface area contributed by atoms with Gasteiger partial charge in [-0.15, -0.1) is 0 Å². The van der Waals surface area contributed by atoms with E-state index in [-0.39, 0.29) is 5.30 Å². The Labute approximate surface area is 135 Å². The zero-order valence-electron chi connectivity index (χ0n) is 13.0. The number of hydrogen-bond acceptors (Lipinski definition) is 4. The molecule has 0 bridgehead atoms. The fraction of sp³-hybridized carbons (Fsp3) is 0.294. The summed E-state index contributed by atoms with van der Waals surface area (Å²) in [5.41, 5.74) is 5.85. The number of aliphatic hydroxyl groups excluding tert-OH is 1. The van der Waals surface area contributed by atoms with Crippen LogP contribution in [0.5, 0.6) is 5.75 Å². The molecule has 122 valence electrons. The number of ether oxygens (including phenoxy) is 1. The normalized spacial score (nSPS) is 25.1. The Morgan fingerprint density at radius 2 is 1.78 bits per heavy atom. The van der Waals surface area contributed by atoms with Crippen LogP contribution in [0.4, 0.5) is 0 Å². The average molecular weight is 333 g/mol. The Bertz CT molecular complexity index is 775. The first kappa shape index (κ1) is 16.2. The molecule has 0 radical (unpaired) electrons. The van der Waals surface area contributed by atoms with E-state index in [1.54, 1.807) is 62.4 Å². The second-order valence-electron chi connectivity index (χ2n) is 6.31. The van der Waals surface area contributed by atoms with Crippen LogP contribution in [0.1, 0.15) is 25.5 Å². The second kappa shape index (κ2) is 5.46. The monoisotopic (exact) mass is 333 g/mol. The van der Waals surface area contributed by atoms with E-state index in [1.807, 2.05) is 0 Å². The maximum atomic E-state index is 12.8. The SMILES string of the molecule is CC1(C)Oc2ccc(P(=O)(O)c3ccccc3)cc2[C@@H](N)[C@@H]1O. The Morgan fingerprint density at radius 1 is 1.13 bits per heavy atom. The van der Waals surface area contributed by atoms with Crippen molar-refractivity contribution in [2.75, 3.05) is 0 Å². The van der Waals surface area contributed by atoms with Gasteiger partial charge in [-0.25, -0.2) is 0 Å². The number of benzene rings is 2. The molecule has 0 aromatic heterocycles. The number of hydrogen-bond donors (Lipinski definition) is 3. The maximum absolute atomic E-state index is 12.8. The first-order chi connectivity index (χ1) is 10.7. The van der Waals surface area contributed by atoms with Crippen molar-refractivity contribution in [3.8, 4) is 5.75 Å². The van der Waals surface area contributed by atoms with Crippen LogP contribution < -0.4 is 21.1 Å². The molecule has 0 fully saturated rings. The molecule has 1 unspecified atom stereocenters.